The van der Waals surface area contributed by atoms with E-state index in [-0.39, 0.29) is 31.7 Å². The predicted octanol–water partition coefficient (Wildman–Crippen LogP) is 4.83. The van der Waals surface area contributed by atoms with Gasteiger partial charge < -0.3 is 4.90 Å². The van der Waals surface area contributed by atoms with Crippen LogP contribution < -0.4 is 0 Å². The van der Waals surface area contributed by atoms with Gasteiger partial charge in [0.25, 0.3) is 0 Å². The number of Topliss-reactive ketones (excluding diaryl/α,β-unsaturated/α-hetero) is 1. The van der Waals surface area contributed by atoms with E-state index in [2.05, 4.69) is 50.2 Å². The summed E-state index contributed by atoms with van der Waals surface area (Å²) in [6.45, 7) is 4.15. The third-order valence-corrected chi connectivity index (χ3v) is 4.81. The lowest BCUT2D eigenvalue weighted by Crippen LogP contribution is -2.42. The summed E-state index contributed by atoms with van der Waals surface area (Å²) in [5.41, 5.74) is 1.60. The number of carbonyl (C=O) groups is 1. The van der Waals surface area contributed by atoms with Gasteiger partial charge in [0, 0.05) is 12.5 Å². The summed E-state index contributed by atoms with van der Waals surface area (Å²) in [7, 11) is 4.14. The van der Waals surface area contributed by atoms with Crippen molar-refractivity contribution in [1.29, 1.82) is 0 Å². The number of hydrogen-bond acceptors (Lipinski definition) is 2. The first-order valence-corrected chi connectivity index (χ1v) is 8.33. The highest BCUT2D eigenvalue weighted by molar-refractivity contribution is 7.59. The second kappa shape index (κ2) is 10.6. The number of nitrogens with zero attached hydrogens (tertiary/aromatic N) is 1. The minimum atomic E-state index is -0.582. The lowest BCUT2D eigenvalue weighted by Gasteiger charge is -2.37. The number of benzene rings is 2. The summed E-state index contributed by atoms with van der Waals surface area (Å²) in [6.07, 6.45) is 1.31. The molecule has 4 heteroatoms. The molecule has 0 unspecified atom stereocenters. The van der Waals surface area contributed by atoms with Crippen LogP contribution in [0.4, 0.5) is 0 Å². The fourth-order valence-corrected chi connectivity index (χ4v) is 3.21. The van der Waals surface area contributed by atoms with Gasteiger partial charge in [0.05, 0.1) is 5.41 Å². The molecule has 0 saturated carbocycles. The molecule has 25 heavy (non-hydrogen) atoms. The molecule has 0 aliphatic rings. The number of hydrogen-bond donors (Lipinski definition) is 0. The van der Waals surface area contributed by atoms with Gasteiger partial charge in [0.2, 0.25) is 0 Å². The van der Waals surface area contributed by atoms with Gasteiger partial charge in [-0.1, -0.05) is 67.6 Å². The zero-order valence-corrected chi connectivity index (χ0v) is 17.3. The van der Waals surface area contributed by atoms with Crippen LogP contribution in [0.1, 0.15) is 37.8 Å². The highest BCUT2D eigenvalue weighted by atomic mass is 35.5. The molecular weight excluding hydrogens is 350 g/mol. The zero-order valence-electron chi connectivity index (χ0n) is 15.5. The Hall–Kier alpha value is -1.29. The number of halogens is 1. The van der Waals surface area contributed by atoms with Crippen LogP contribution in [0.2, 0.25) is 0 Å². The van der Waals surface area contributed by atoms with E-state index in [4.69, 9.17) is 0 Å². The summed E-state index contributed by atoms with van der Waals surface area (Å²) < 4.78 is 0. The molecule has 0 aliphatic heterocycles. The van der Waals surface area contributed by atoms with Crippen LogP contribution in [-0.4, -0.2) is 30.8 Å². The number of carbonyl (C=O) groups excluding carboxylic acids is 1. The van der Waals surface area contributed by atoms with E-state index in [0.29, 0.717) is 12.5 Å². The molecule has 0 N–H and O–H groups in total. The van der Waals surface area contributed by atoms with Crippen molar-refractivity contribution in [2.75, 3.05) is 14.1 Å². The highest BCUT2D eigenvalue weighted by Crippen LogP contribution is 2.39. The molecule has 2 rings (SSSR count). The van der Waals surface area contributed by atoms with Crippen LogP contribution in [0.15, 0.2) is 60.7 Å². The Morgan fingerprint density at radius 2 is 1.36 bits per heavy atom. The minimum Gasteiger partial charge on any atom is -0.307 e. The van der Waals surface area contributed by atoms with E-state index in [9.17, 15) is 4.79 Å². The van der Waals surface area contributed by atoms with Crippen molar-refractivity contribution in [3.63, 3.8) is 0 Å². The molecular formula is C21H30ClNOS. The van der Waals surface area contributed by atoms with Gasteiger partial charge in [-0.3, -0.25) is 4.79 Å². The van der Waals surface area contributed by atoms with Crippen molar-refractivity contribution in [3.05, 3.63) is 71.8 Å². The summed E-state index contributed by atoms with van der Waals surface area (Å²) in [5.74, 6) is 0.281. The van der Waals surface area contributed by atoms with Crippen molar-refractivity contribution in [3.8, 4) is 0 Å². The van der Waals surface area contributed by atoms with Crippen LogP contribution in [0.25, 0.3) is 0 Å². The summed E-state index contributed by atoms with van der Waals surface area (Å²) in [5, 5.41) is 0. The first kappa shape index (κ1) is 23.7. The molecule has 0 aliphatic carbocycles. The van der Waals surface area contributed by atoms with Gasteiger partial charge in [-0.2, -0.15) is 13.5 Å². The van der Waals surface area contributed by atoms with Gasteiger partial charge in [-0.25, -0.2) is 0 Å². The molecule has 0 amide bonds. The minimum absolute atomic E-state index is 0. The molecule has 0 bridgehead atoms. The van der Waals surface area contributed by atoms with Gasteiger partial charge in [0.15, 0.2) is 0 Å². The Morgan fingerprint density at radius 1 is 0.960 bits per heavy atom. The van der Waals surface area contributed by atoms with E-state index < -0.39 is 5.41 Å². The smallest absolute Gasteiger partial charge is 0.147 e. The van der Waals surface area contributed by atoms with Crippen molar-refractivity contribution < 1.29 is 4.79 Å². The molecule has 2 aromatic rings. The topological polar surface area (TPSA) is 20.3 Å². The number of ketones is 1. The monoisotopic (exact) mass is 379 g/mol. The molecule has 1 atom stereocenters. The highest BCUT2D eigenvalue weighted by Gasteiger charge is 2.41. The predicted molar refractivity (Wildman–Crippen MR) is 114 cm³/mol. The molecule has 0 heterocycles. The second-order valence-corrected chi connectivity index (χ2v) is 6.43. The Bertz CT molecular complexity index is 591. The first-order valence-electron chi connectivity index (χ1n) is 8.33. The standard InChI is InChI=1S/C21H27NO.ClH.H2S/c1-5-20(23)21(16-17(2)22(3)4,18-12-8-6-9-13-18)19-14-10-7-11-15-19;;/h6-15,17H,5,16H2,1-4H3;1H;1H2/t17-;;/m0../s1. The maximum absolute atomic E-state index is 13.2. The molecule has 2 nitrogen and oxygen atoms in total. The fourth-order valence-electron chi connectivity index (χ4n) is 3.21. The van der Waals surface area contributed by atoms with Crippen molar-refractivity contribution in [2.24, 2.45) is 0 Å². The summed E-state index contributed by atoms with van der Waals surface area (Å²) >= 11 is 0. The Balaban J connectivity index is 0.00000288. The van der Waals surface area contributed by atoms with Crippen LogP contribution in [0.3, 0.4) is 0 Å². The first-order chi connectivity index (χ1) is 11.0. The second-order valence-electron chi connectivity index (χ2n) is 6.43. The van der Waals surface area contributed by atoms with E-state index >= 15 is 0 Å². The quantitative estimate of drug-likeness (QED) is 0.686. The van der Waals surface area contributed by atoms with Gasteiger partial charge in [-0.05, 0) is 38.6 Å². The maximum atomic E-state index is 13.2. The Kier molecular flexibility index (Phi) is 10.1. The van der Waals surface area contributed by atoms with Crippen molar-refractivity contribution in [2.45, 2.75) is 38.1 Å². The third kappa shape index (κ3) is 5.10. The third-order valence-electron chi connectivity index (χ3n) is 4.81. The Labute approximate surface area is 165 Å². The van der Waals surface area contributed by atoms with Gasteiger partial charge >= 0.3 is 0 Å². The van der Waals surface area contributed by atoms with Gasteiger partial charge in [0.1, 0.15) is 5.78 Å². The van der Waals surface area contributed by atoms with E-state index in [1.165, 1.54) is 0 Å². The summed E-state index contributed by atoms with van der Waals surface area (Å²) in [6, 6.07) is 20.7. The molecule has 138 valence electrons. The van der Waals surface area contributed by atoms with Gasteiger partial charge in [-0.15, -0.1) is 12.4 Å². The van der Waals surface area contributed by atoms with Crippen LogP contribution in [0, 0.1) is 0 Å². The van der Waals surface area contributed by atoms with E-state index in [1.54, 1.807) is 0 Å². The average molecular weight is 380 g/mol. The van der Waals surface area contributed by atoms with Crippen LogP contribution in [-0.2, 0) is 10.2 Å². The lowest BCUT2D eigenvalue weighted by molar-refractivity contribution is -0.123. The Morgan fingerprint density at radius 3 is 1.68 bits per heavy atom. The molecule has 0 spiro atoms. The largest absolute Gasteiger partial charge is 0.307 e. The molecule has 0 fully saturated rings. The lowest BCUT2D eigenvalue weighted by atomic mass is 9.67. The molecule has 0 radical (unpaired) electrons. The molecule has 0 aromatic heterocycles. The summed E-state index contributed by atoms with van der Waals surface area (Å²) in [4.78, 5) is 15.4. The molecule has 0 saturated heterocycles. The van der Waals surface area contributed by atoms with Crippen LogP contribution in [0.5, 0.6) is 0 Å². The maximum Gasteiger partial charge on any atom is 0.147 e. The van der Waals surface area contributed by atoms with E-state index in [0.717, 1.165) is 17.5 Å². The van der Waals surface area contributed by atoms with E-state index in [1.807, 2.05) is 43.3 Å². The average Bonchev–Trinajstić information content (AvgIpc) is 2.60. The number of rotatable bonds is 7. The normalized spacial score (nSPS) is 12.0. The molecule has 2 aromatic carbocycles. The SMILES string of the molecule is CCC(=O)C(C[C@H](C)N(C)C)(c1ccccc1)c1ccccc1.Cl.S. The van der Waals surface area contributed by atoms with Crippen LogP contribution >= 0.6 is 25.9 Å². The zero-order chi connectivity index (χ0) is 16.9. The van der Waals surface area contributed by atoms with Crippen molar-refractivity contribution >= 4 is 31.7 Å². The van der Waals surface area contributed by atoms with Crippen molar-refractivity contribution in [1.82, 2.24) is 4.90 Å². The fraction of sp³-hybridized carbons (Fsp3) is 0.381.